The SMILES string of the molecule is O=C(CN1C(=O)CNC1=O)N(CCc1ccccc1)Cc1cccnc1. The minimum Gasteiger partial charge on any atom is -0.336 e. The molecule has 0 saturated carbocycles. The molecule has 0 radical (unpaired) electrons. The van der Waals surface area contributed by atoms with Gasteiger partial charge in [0, 0.05) is 25.5 Å². The van der Waals surface area contributed by atoms with Gasteiger partial charge in [-0.3, -0.25) is 19.5 Å². The van der Waals surface area contributed by atoms with Crippen LogP contribution in [0.4, 0.5) is 4.79 Å². The number of carbonyl (C=O) groups is 3. The second-order valence-corrected chi connectivity index (χ2v) is 6.05. The van der Waals surface area contributed by atoms with Gasteiger partial charge in [-0.1, -0.05) is 36.4 Å². The number of imide groups is 1. The van der Waals surface area contributed by atoms with Crippen LogP contribution in [0.15, 0.2) is 54.9 Å². The van der Waals surface area contributed by atoms with Gasteiger partial charge in [-0.05, 0) is 23.6 Å². The first-order valence-electron chi connectivity index (χ1n) is 8.42. The Balaban J connectivity index is 1.69. The molecule has 0 atom stereocenters. The molecule has 1 aromatic carbocycles. The summed E-state index contributed by atoms with van der Waals surface area (Å²) in [6.07, 6.45) is 4.07. The van der Waals surface area contributed by atoms with E-state index in [1.807, 2.05) is 42.5 Å². The van der Waals surface area contributed by atoms with Crippen LogP contribution in [0.3, 0.4) is 0 Å². The summed E-state index contributed by atoms with van der Waals surface area (Å²) in [5, 5.41) is 2.43. The standard InChI is InChI=1S/C19H20N4O3/c24-17-12-21-19(26)23(17)14-18(25)22(13-16-7-4-9-20-11-16)10-8-15-5-2-1-3-6-15/h1-7,9,11H,8,10,12-14H2,(H,21,26). The highest BCUT2D eigenvalue weighted by atomic mass is 16.2. The molecule has 26 heavy (non-hydrogen) atoms. The van der Waals surface area contributed by atoms with Crippen molar-refractivity contribution >= 4 is 17.8 Å². The van der Waals surface area contributed by atoms with Crippen molar-refractivity contribution < 1.29 is 14.4 Å². The molecule has 7 nitrogen and oxygen atoms in total. The van der Waals surface area contributed by atoms with Crippen LogP contribution in [0.5, 0.6) is 0 Å². The lowest BCUT2D eigenvalue weighted by molar-refractivity contribution is -0.136. The summed E-state index contributed by atoms with van der Waals surface area (Å²) >= 11 is 0. The van der Waals surface area contributed by atoms with Gasteiger partial charge in [-0.2, -0.15) is 0 Å². The summed E-state index contributed by atoms with van der Waals surface area (Å²) in [7, 11) is 0. The Kier molecular flexibility index (Phi) is 5.58. The summed E-state index contributed by atoms with van der Waals surface area (Å²) in [4.78, 5) is 42.9. The summed E-state index contributed by atoms with van der Waals surface area (Å²) in [6.45, 7) is 0.559. The van der Waals surface area contributed by atoms with Gasteiger partial charge in [-0.25, -0.2) is 4.79 Å². The number of pyridine rings is 1. The molecule has 134 valence electrons. The maximum absolute atomic E-state index is 12.7. The highest BCUT2D eigenvalue weighted by Gasteiger charge is 2.31. The second kappa shape index (κ2) is 8.24. The summed E-state index contributed by atoms with van der Waals surface area (Å²) in [5.41, 5.74) is 2.01. The molecule has 0 bridgehead atoms. The third kappa shape index (κ3) is 4.44. The highest BCUT2D eigenvalue weighted by Crippen LogP contribution is 2.09. The number of carbonyl (C=O) groups excluding carboxylic acids is 3. The molecule has 2 aromatic rings. The van der Waals surface area contributed by atoms with E-state index in [1.165, 1.54) is 0 Å². The van der Waals surface area contributed by atoms with Gasteiger partial charge in [0.1, 0.15) is 6.54 Å². The number of aromatic nitrogens is 1. The van der Waals surface area contributed by atoms with Crippen LogP contribution in [0.25, 0.3) is 0 Å². The molecule has 1 aliphatic heterocycles. The number of rotatable bonds is 7. The van der Waals surface area contributed by atoms with Crippen LogP contribution in [-0.4, -0.2) is 52.3 Å². The van der Waals surface area contributed by atoms with E-state index in [1.54, 1.807) is 17.3 Å². The molecular formula is C19H20N4O3. The number of hydrogen-bond acceptors (Lipinski definition) is 4. The molecule has 1 aliphatic rings. The first kappa shape index (κ1) is 17.6. The maximum Gasteiger partial charge on any atom is 0.325 e. The molecule has 1 N–H and O–H groups in total. The molecule has 4 amide bonds. The van der Waals surface area contributed by atoms with Crippen molar-refractivity contribution in [2.24, 2.45) is 0 Å². The lowest BCUT2D eigenvalue weighted by atomic mass is 10.1. The van der Waals surface area contributed by atoms with Gasteiger partial charge in [0.25, 0.3) is 5.91 Å². The Morgan fingerprint density at radius 3 is 2.54 bits per heavy atom. The molecule has 7 heteroatoms. The number of amides is 4. The Bertz CT molecular complexity index is 764. The monoisotopic (exact) mass is 352 g/mol. The highest BCUT2D eigenvalue weighted by molar-refractivity contribution is 6.04. The Hall–Kier alpha value is -3.22. The zero-order valence-electron chi connectivity index (χ0n) is 14.3. The van der Waals surface area contributed by atoms with Crippen LogP contribution < -0.4 is 5.32 Å². The molecule has 1 saturated heterocycles. The minimum absolute atomic E-state index is 0.0568. The minimum atomic E-state index is -0.521. The van der Waals surface area contributed by atoms with Crippen molar-refractivity contribution in [2.45, 2.75) is 13.0 Å². The van der Waals surface area contributed by atoms with Crippen molar-refractivity contribution in [1.29, 1.82) is 0 Å². The van der Waals surface area contributed by atoms with Gasteiger partial charge in [0.05, 0.1) is 6.54 Å². The molecule has 3 rings (SSSR count). The molecule has 0 aliphatic carbocycles. The summed E-state index contributed by atoms with van der Waals surface area (Å²) in [5.74, 6) is -0.650. The van der Waals surface area contributed by atoms with Gasteiger partial charge in [0.15, 0.2) is 0 Å². The van der Waals surface area contributed by atoms with Gasteiger partial charge in [0.2, 0.25) is 5.91 Å². The van der Waals surface area contributed by atoms with E-state index in [9.17, 15) is 14.4 Å². The van der Waals surface area contributed by atoms with Crippen LogP contribution in [0, 0.1) is 0 Å². The van der Waals surface area contributed by atoms with Crippen molar-refractivity contribution in [3.63, 3.8) is 0 Å². The predicted molar refractivity (Wildman–Crippen MR) is 94.9 cm³/mol. The zero-order chi connectivity index (χ0) is 18.4. The quantitative estimate of drug-likeness (QED) is 0.759. The fourth-order valence-electron chi connectivity index (χ4n) is 2.76. The molecule has 1 fully saturated rings. The lowest BCUT2D eigenvalue weighted by Crippen LogP contribution is -2.43. The number of hydrogen-bond donors (Lipinski definition) is 1. The lowest BCUT2D eigenvalue weighted by Gasteiger charge is -2.24. The van der Waals surface area contributed by atoms with E-state index in [4.69, 9.17) is 0 Å². The van der Waals surface area contributed by atoms with Crippen LogP contribution >= 0.6 is 0 Å². The average molecular weight is 352 g/mol. The largest absolute Gasteiger partial charge is 0.336 e. The molecular weight excluding hydrogens is 332 g/mol. The van der Waals surface area contributed by atoms with Crippen LogP contribution in [-0.2, 0) is 22.6 Å². The normalized spacial score (nSPS) is 13.6. The third-order valence-electron chi connectivity index (χ3n) is 4.19. The molecule has 2 heterocycles. The van der Waals surface area contributed by atoms with Crippen molar-refractivity contribution in [1.82, 2.24) is 20.1 Å². The van der Waals surface area contributed by atoms with E-state index in [2.05, 4.69) is 10.3 Å². The second-order valence-electron chi connectivity index (χ2n) is 6.05. The maximum atomic E-state index is 12.7. The summed E-state index contributed by atoms with van der Waals surface area (Å²) in [6, 6.07) is 13.0. The smallest absolute Gasteiger partial charge is 0.325 e. The Labute approximate surface area is 151 Å². The first-order valence-corrected chi connectivity index (χ1v) is 8.42. The first-order chi connectivity index (χ1) is 12.6. The van der Waals surface area contributed by atoms with E-state index in [0.29, 0.717) is 19.5 Å². The van der Waals surface area contributed by atoms with E-state index >= 15 is 0 Å². The number of urea groups is 1. The van der Waals surface area contributed by atoms with E-state index in [0.717, 1.165) is 16.0 Å². The zero-order valence-corrected chi connectivity index (χ0v) is 14.3. The summed E-state index contributed by atoms with van der Waals surface area (Å²) < 4.78 is 0. The topological polar surface area (TPSA) is 82.6 Å². The van der Waals surface area contributed by atoms with Crippen molar-refractivity contribution in [2.75, 3.05) is 19.6 Å². The fourth-order valence-corrected chi connectivity index (χ4v) is 2.76. The van der Waals surface area contributed by atoms with Crippen LogP contribution in [0.2, 0.25) is 0 Å². The molecule has 0 spiro atoms. The Morgan fingerprint density at radius 1 is 1.12 bits per heavy atom. The van der Waals surface area contributed by atoms with E-state index < -0.39 is 6.03 Å². The van der Waals surface area contributed by atoms with E-state index in [-0.39, 0.29) is 24.9 Å². The average Bonchev–Trinajstić information content (AvgIpc) is 2.98. The van der Waals surface area contributed by atoms with Crippen molar-refractivity contribution in [3.05, 3.63) is 66.0 Å². The van der Waals surface area contributed by atoms with Gasteiger partial charge in [-0.15, -0.1) is 0 Å². The number of nitrogens with one attached hydrogen (secondary N) is 1. The fraction of sp³-hybridized carbons (Fsp3) is 0.263. The molecule has 0 unspecified atom stereocenters. The van der Waals surface area contributed by atoms with Gasteiger partial charge >= 0.3 is 6.03 Å². The Morgan fingerprint density at radius 2 is 1.88 bits per heavy atom. The molecule has 1 aromatic heterocycles. The van der Waals surface area contributed by atoms with Crippen molar-refractivity contribution in [3.8, 4) is 0 Å². The van der Waals surface area contributed by atoms with Crippen LogP contribution in [0.1, 0.15) is 11.1 Å². The third-order valence-corrected chi connectivity index (χ3v) is 4.19. The number of nitrogens with zero attached hydrogens (tertiary/aromatic N) is 3. The van der Waals surface area contributed by atoms with Gasteiger partial charge < -0.3 is 10.2 Å². The predicted octanol–water partition coefficient (Wildman–Crippen LogP) is 1.20. The number of benzene rings is 1.